The highest BCUT2D eigenvalue weighted by atomic mass is 32.1. The highest BCUT2D eigenvalue weighted by Crippen LogP contribution is 2.30. The van der Waals surface area contributed by atoms with Crippen molar-refractivity contribution in [3.8, 4) is 0 Å². The van der Waals surface area contributed by atoms with Gasteiger partial charge < -0.3 is 10.5 Å². The third-order valence-corrected chi connectivity index (χ3v) is 4.08. The lowest BCUT2D eigenvalue weighted by Crippen LogP contribution is -2.46. The molecule has 0 saturated heterocycles. The summed E-state index contributed by atoms with van der Waals surface area (Å²) in [6, 6.07) is 9.58. The zero-order valence-corrected chi connectivity index (χ0v) is 12.2. The van der Waals surface area contributed by atoms with Gasteiger partial charge in [0, 0.05) is 24.0 Å². The fraction of sp³-hybridized carbons (Fsp3) is 0.333. The summed E-state index contributed by atoms with van der Waals surface area (Å²) in [5.41, 5.74) is 7.77. The summed E-state index contributed by atoms with van der Waals surface area (Å²) in [4.78, 5) is 17.6. The molecule has 0 spiro atoms. The maximum Gasteiger partial charge on any atom is 0.318 e. The van der Waals surface area contributed by atoms with Gasteiger partial charge in [-0.3, -0.25) is 9.78 Å². The van der Waals surface area contributed by atoms with Crippen molar-refractivity contribution in [2.24, 2.45) is 5.73 Å². The average Bonchev–Trinajstić information content (AvgIpc) is 2.99. The summed E-state index contributed by atoms with van der Waals surface area (Å²) in [5.74, 6) is -0.276. The summed E-state index contributed by atoms with van der Waals surface area (Å²) < 4.78 is 5.27. The van der Waals surface area contributed by atoms with Crippen molar-refractivity contribution in [1.82, 2.24) is 4.98 Å². The van der Waals surface area contributed by atoms with E-state index in [1.807, 2.05) is 30.3 Å². The smallest absolute Gasteiger partial charge is 0.318 e. The SMILES string of the molecule is CCOC(=O)C(CN)(Cc1cncs1)c1ccccc1. The fourth-order valence-corrected chi connectivity index (χ4v) is 2.93. The minimum Gasteiger partial charge on any atom is -0.465 e. The Morgan fingerprint density at radius 2 is 2.15 bits per heavy atom. The van der Waals surface area contributed by atoms with Crippen LogP contribution in [0.1, 0.15) is 17.4 Å². The lowest BCUT2D eigenvalue weighted by Gasteiger charge is -2.30. The molecule has 0 aliphatic rings. The maximum absolute atomic E-state index is 12.5. The molecule has 20 heavy (non-hydrogen) atoms. The second-order valence-corrected chi connectivity index (χ2v) is 5.49. The van der Waals surface area contributed by atoms with Crippen LogP contribution >= 0.6 is 11.3 Å². The molecule has 1 unspecified atom stereocenters. The van der Waals surface area contributed by atoms with E-state index in [0.717, 1.165) is 10.4 Å². The molecule has 0 bridgehead atoms. The number of thiazole rings is 1. The monoisotopic (exact) mass is 290 g/mol. The van der Waals surface area contributed by atoms with Gasteiger partial charge in [-0.2, -0.15) is 0 Å². The Morgan fingerprint density at radius 3 is 2.70 bits per heavy atom. The zero-order valence-electron chi connectivity index (χ0n) is 11.4. The third-order valence-electron chi connectivity index (χ3n) is 3.30. The molecular formula is C15H18N2O2S. The molecule has 2 aromatic rings. The van der Waals surface area contributed by atoms with Crippen molar-refractivity contribution in [2.75, 3.05) is 13.2 Å². The minimum absolute atomic E-state index is 0.202. The van der Waals surface area contributed by atoms with E-state index in [0.29, 0.717) is 13.0 Å². The Balaban J connectivity index is 2.43. The van der Waals surface area contributed by atoms with Gasteiger partial charge in [0.1, 0.15) is 5.41 Å². The second-order valence-electron chi connectivity index (χ2n) is 4.52. The van der Waals surface area contributed by atoms with Gasteiger partial charge in [0.05, 0.1) is 12.1 Å². The maximum atomic E-state index is 12.5. The van der Waals surface area contributed by atoms with Gasteiger partial charge in [0.2, 0.25) is 0 Å². The summed E-state index contributed by atoms with van der Waals surface area (Å²) in [7, 11) is 0. The van der Waals surface area contributed by atoms with E-state index in [2.05, 4.69) is 4.98 Å². The van der Waals surface area contributed by atoms with Gasteiger partial charge >= 0.3 is 5.97 Å². The van der Waals surface area contributed by atoms with E-state index in [1.54, 1.807) is 18.6 Å². The van der Waals surface area contributed by atoms with E-state index < -0.39 is 5.41 Å². The number of nitrogens with two attached hydrogens (primary N) is 1. The summed E-state index contributed by atoms with van der Waals surface area (Å²) in [6.07, 6.45) is 2.29. The van der Waals surface area contributed by atoms with Crippen molar-refractivity contribution in [2.45, 2.75) is 18.8 Å². The van der Waals surface area contributed by atoms with E-state index in [1.165, 1.54) is 11.3 Å². The van der Waals surface area contributed by atoms with Crippen LogP contribution in [0.4, 0.5) is 0 Å². The normalized spacial score (nSPS) is 13.7. The fourth-order valence-electron chi connectivity index (χ4n) is 2.22. The van der Waals surface area contributed by atoms with Crippen LogP contribution in [-0.2, 0) is 21.4 Å². The lowest BCUT2D eigenvalue weighted by atomic mass is 9.77. The highest BCUT2D eigenvalue weighted by molar-refractivity contribution is 7.09. The van der Waals surface area contributed by atoms with Crippen LogP contribution in [0.15, 0.2) is 42.0 Å². The van der Waals surface area contributed by atoms with Crippen LogP contribution in [0.25, 0.3) is 0 Å². The van der Waals surface area contributed by atoms with Crippen molar-refractivity contribution >= 4 is 17.3 Å². The molecule has 5 heteroatoms. The molecule has 0 radical (unpaired) electrons. The Labute approximate surface area is 122 Å². The van der Waals surface area contributed by atoms with Gasteiger partial charge in [-0.15, -0.1) is 11.3 Å². The standard InChI is InChI=1S/C15H18N2O2S/c1-2-19-14(18)15(10-16,8-13-9-17-11-20-13)12-6-4-3-5-7-12/h3-7,9,11H,2,8,10,16H2,1H3. The van der Waals surface area contributed by atoms with Crippen LogP contribution in [0.5, 0.6) is 0 Å². The predicted octanol–water partition coefficient (Wildman–Crippen LogP) is 2.15. The van der Waals surface area contributed by atoms with E-state index in [4.69, 9.17) is 10.5 Å². The molecule has 106 valence electrons. The molecule has 1 aromatic carbocycles. The zero-order chi connectivity index (χ0) is 14.4. The first-order chi connectivity index (χ1) is 9.73. The number of aromatic nitrogens is 1. The van der Waals surface area contributed by atoms with E-state index >= 15 is 0 Å². The molecule has 2 N–H and O–H groups in total. The van der Waals surface area contributed by atoms with Crippen molar-refractivity contribution < 1.29 is 9.53 Å². The first-order valence-corrected chi connectivity index (χ1v) is 7.41. The molecule has 0 aliphatic carbocycles. The Morgan fingerprint density at radius 1 is 1.40 bits per heavy atom. The summed E-state index contributed by atoms with van der Waals surface area (Å²) in [6.45, 7) is 2.35. The Bertz CT molecular complexity index is 542. The number of hydrogen-bond donors (Lipinski definition) is 1. The van der Waals surface area contributed by atoms with Crippen LogP contribution < -0.4 is 5.73 Å². The summed E-state index contributed by atoms with van der Waals surface area (Å²) in [5, 5.41) is 0. The molecule has 4 nitrogen and oxygen atoms in total. The van der Waals surface area contributed by atoms with Crippen LogP contribution in [0.2, 0.25) is 0 Å². The van der Waals surface area contributed by atoms with Crippen molar-refractivity contribution in [1.29, 1.82) is 0 Å². The molecule has 2 rings (SSSR count). The van der Waals surface area contributed by atoms with Crippen molar-refractivity contribution in [3.63, 3.8) is 0 Å². The average molecular weight is 290 g/mol. The number of ether oxygens (including phenoxy) is 1. The number of carbonyl (C=O) groups excluding carboxylic acids is 1. The molecule has 0 saturated carbocycles. The quantitative estimate of drug-likeness (QED) is 0.828. The highest BCUT2D eigenvalue weighted by Gasteiger charge is 2.41. The molecule has 0 aliphatic heterocycles. The third kappa shape index (κ3) is 2.89. The summed E-state index contributed by atoms with van der Waals surface area (Å²) >= 11 is 1.52. The predicted molar refractivity (Wildman–Crippen MR) is 79.6 cm³/mol. The molecule has 0 amide bonds. The number of benzene rings is 1. The minimum atomic E-state index is -0.843. The topological polar surface area (TPSA) is 65.2 Å². The van der Waals surface area contributed by atoms with Gasteiger partial charge in [-0.1, -0.05) is 30.3 Å². The van der Waals surface area contributed by atoms with Gasteiger partial charge in [-0.25, -0.2) is 0 Å². The van der Waals surface area contributed by atoms with E-state index in [-0.39, 0.29) is 12.5 Å². The first-order valence-electron chi connectivity index (χ1n) is 6.53. The van der Waals surface area contributed by atoms with Gasteiger partial charge in [0.15, 0.2) is 0 Å². The molecule has 1 heterocycles. The Hall–Kier alpha value is -1.72. The molecule has 1 atom stereocenters. The second kappa shape index (κ2) is 6.63. The number of rotatable bonds is 6. The van der Waals surface area contributed by atoms with Gasteiger partial charge in [-0.05, 0) is 12.5 Å². The van der Waals surface area contributed by atoms with Crippen LogP contribution in [0, 0.1) is 0 Å². The number of esters is 1. The Kier molecular flexibility index (Phi) is 4.87. The van der Waals surface area contributed by atoms with Gasteiger partial charge in [0.25, 0.3) is 0 Å². The van der Waals surface area contributed by atoms with Crippen molar-refractivity contribution in [3.05, 3.63) is 52.5 Å². The largest absolute Gasteiger partial charge is 0.465 e. The first kappa shape index (κ1) is 14.7. The molecular weight excluding hydrogens is 272 g/mol. The number of hydrogen-bond acceptors (Lipinski definition) is 5. The van der Waals surface area contributed by atoms with Crippen LogP contribution in [-0.4, -0.2) is 24.1 Å². The number of carbonyl (C=O) groups is 1. The van der Waals surface area contributed by atoms with E-state index in [9.17, 15) is 4.79 Å². The number of nitrogens with zero attached hydrogens (tertiary/aromatic N) is 1. The molecule has 0 fully saturated rings. The van der Waals surface area contributed by atoms with Crippen LogP contribution in [0.3, 0.4) is 0 Å². The molecule has 1 aromatic heterocycles. The lowest BCUT2D eigenvalue weighted by molar-refractivity contribution is -0.149.